The van der Waals surface area contributed by atoms with Crippen molar-refractivity contribution in [1.29, 1.82) is 0 Å². The molecule has 1 saturated heterocycles. The molecule has 3 aromatic rings. The average Bonchev–Trinajstić information content (AvgIpc) is 3.41. The number of carbonyl (C=O) groups excluding carboxylic acids is 1. The number of carbonyl (C=O) groups is 1. The van der Waals surface area contributed by atoms with Gasteiger partial charge in [0.15, 0.2) is 0 Å². The van der Waals surface area contributed by atoms with Gasteiger partial charge >= 0.3 is 0 Å². The number of para-hydroxylation sites is 1. The molecule has 5 rings (SSSR count). The van der Waals surface area contributed by atoms with E-state index in [1.165, 1.54) is 0 Å². The van der Waals surface area contributed by atoms with Crippen molar-refractivity contribution in [2.24, 2.45) is 4.99 Å². The van der Waals surface area contributed by atoms with Crippen molar-refractivity contribution >= 4 is 29.2 Å². The fraction of sp³-hybridized carbons (Fsp3) is 0.227. The topological polar surface area (TPSA) is 50.5 Å². The first-order valence-corrected chi connectivity index (χ1v) is 10.5. The Morgan fingerprint density at radius 1 is 1.04 bits per heavy atom. The van der Waals surface area contributed by atoms with Crippen molar-refractivity contribution in [3.05, 3.63) is 65.3 Å². The molecular weight excluding hydrogens is 368 g/mol. The first-order valence-electron chi connectivity index (χ1n) is 9.60. The number of thiophene rings is 1. The fourth-order valence-electron chi connectivity index (χ4n) is 3.71. The van der Waals surface area contributed by atoms with Gasteiger partial charge in [-0.3, -0.25) is 9.69 Å². The lowest BCUT2D eigenvalue weighted by molar-refractivity contribution is -0.122. The Bertz CT molecular complexity index is 1060. The van der Waals surface area contributed by atoms with Crippen LogP contribution >= 0.6 is 11.3 Å². The van der Waals surface area contributed by atoms with E-state index in [-0.39, 0.29) is 5.91 Å². The Kier molecular flexibility index (Phi) is 4.41. The van der Waals surface area contributed by atoms with Gasteiger partial charge in [-0.05, 0) is 42.5 Å². The summed E-state index contributed by atoms with van der Waals surface area (Å²) < 4.78 is 1.87. The van der Waals surface area contributed by atoms with Gasteiger partial charge in [0.1, 0.15) is 17.2 Å². The van der Waals surface area contributed by atoms with Gasteiger partial charge in [0.05, 0.1) is 10.6 Å². The lowest BCUT2D eigenvalue weighted by Gasteiger charge is -2.13. The van der Waals surface area contributed by atoms with E-state index in [9.17, 15) is 4.79 Å². The highest BCUT2D eigenvalue weighted by molar-refractivity contribution is 7.13. The van der Waals surface area contributed by atoms with E-state index in [1.807, 2.05) is 63.6 Å². The molecule has 2 aromatic heterocycles. The van der Waals surface area contributed by atoms with E-state index in [2.05, 4.69) is 11.1 Å². The molecule has 1 aromatic carbocycles. The van der Waals surface area contributed by atoms with Gasteiger partial charge in [0.2, 0.25) is 0 Å². The predicted octanol–water partition coefficient (Wildman–Crippen LogP) is 4.76. The highest BCUT2D eigenvalue weighted by Gasteiger charge is 2.31. The summed E-state index contributed by atoms with van der Waals surface area (Å²) >= 11 is 1.64. The number of aliphatic imine (C=N–C) groups is 1. The molecule has 5 nitrogen and oxygen atoms in total. The van der Waals surface area contributed by atoms with Crippen LogP contribution in [-0.4, -0.2) is 33.0 Å². The van der Waals surface area contributed by atoms with Crippen LogP contribution in [0.1, 0.15) is 31.2 Å². The summed E-state index contributed by atoms with van der Waals surface area (Å²) in [5.74, 6) is 0.934. The van der Waals surface area contributed by atoms with Crippen molar-refractivity contribution in [2.75, 3.05) is 6.54 Å². The Morgan fingerprint density at radius 3 is 2.75 bits per heavy atom. The summed E-state index contributed by atoms with van der Waals surface area (Å²) in [6.45, 7) is 0.774. The van der Waals surface area contributed by atoms with Crippen LogP contribution in [-0.2, 0) is 4.79 Å². The minimum Gasteiger partial charge on any atom is -0.295 e. The molecule has 4 heterocycles. The zero-order chi connectivity index (χ0) is 18.9. The third kappa shape index (κ3) is 3.10. The molecule has 0 atom stereocenters. The maximum absolute atomic E-state index is 12.9. The van der Waals surface area contributed by atoms with Crippen LogP contribution in [0.2, 0.25) is 0 Å². The number of amidine groups is 1. The van der Waals surface area contributed by atoms with E-state index in [1.54, 1.807) is 11.3 Å². The second-order valence-electron chi connectivity index (χ2n) is 7.02. The number of hydrogen-bond acceptors (Lipinski definition) is 4. The molecule has 140 valence electrons. The lowest BCUT2D eigenvalue weighted by Crippen LogP contribution is -2.31. The summed E-state index contributed by atoms with van der Waals surface area (Å²) in [4.78, 5) is 20.5. The smallest absolute Gasteiger partial charge is 0.277 e. The van der Waals surface area contributed by atoms with Crippen molar-refractivity contribution in [3.63, 3.8) is 0 Å². The number of benzene rings is 1. The van der Waals surface area contributed by atoms with Gasteiger partial charge < -0.3 is 0 Å². The number of nitrogens with zero attached hydrogens (tertiary/aromatic N) is 4. The van der Waals surface area contributed by atoms with Crippen LogP contribution in [0, 0.1) is 0 Å². The van der Waals surface area contributed by atoms with Crippen LogP contribution in [0.5, 0.6) is 0 Å². The van der Waals surface area contributed by atoms with Gasteiger partial charge in [-0.25, -0.2) is 9.67 Å². The number of fused-ring (bicyclic) bond motifs is 1. The first-order chi connectivity index (χ1) is 13.8. The zero-order valence-corrected chi connectivity index (χ0v) is 16.2. The van der Waals surface area contributed by atoms with Crippen molar-refractivity contribution in [3.8, 4) is 16.3 Å². The summed E-state index contributed by atoms with van der Waals surface area (Å²) in [5, 5.41) is 6.85. The molecule has 6 heteroatoms. The van der Waals surface area contributed by atoms with E-state index in [0.717, 1.165) is 59.9 Å². The number of rotatable bonds is 3. The van der Waals surface area contributed by atoms with Gasteiger partial charge in [0.25, 0.3) is 5.91 Å². The quantitative estimate of drug-likeness (QED) is 0.608. The fourth-order valence-corrected chi connectivity index (χ4v) is 4.44. The Morgan fingerprint density at radius 2 is 1.93 bits per heavy atom. The van der Waals surface area contributed by atoms with Gasteiger partial charge in [-0.1, -0.05) is 30.7 Å². The number of amides is 1. The molecule has 0 bridgehead atoms. The number of aromatic nitrogens is 2. The van der Waals surface area contributed by atoms with Crippen molar-refractivity contribution < 1.29 is 4.79 Å². The van der Waals surface area contributed by atoms with E-state index < -0.39 is 0 Å². The summed E-state index contributed by atoms with van der Waals surface area (Å²) in [7, 11) is 0. The van der Waals surface area contributed by atoms with Crippen LogP contribution in [0.3, 0.4) is 0 Å². The number of hydrogen-bond donors (Lipinski definition) is 0. The van der Waals surface area contributed by atoms with Crippen LogP contribution < -0.4 is 0 Å². The molecule has 0 N–H and O–H groups in total. The van der Waals surface area contributed by atoms with Crippen molar-refractivity contribution in [1.82, 2.24) is 14.7 Å². The van der Waals surface area contributed by atoms with Crippen molar-refractivity contribution in [2.45, 2.75) is 25.7 Å². The standard InChI is InChI=1S/C22H20N4OS/c27-22-18(23-20-11-5-2-6-12-25(20)22)14-16-15-26(17-8-3-1-4-9-17)24-21(16)19-10-7-13-28-19/h1,3-4,7-10,13-15H,2,5-6,11-12H2. The average molecular weight is 388 g/mol. The maximum atomic E-state index is 12.9. The van der Waals surface area contributed by atoms with Crippen LogP contribution in [0.15, 0.2) is 64.7 Å². The normalized spacial score (nSPS) is 18.3. The Balaban J connectivity index is 1.59. The van der Waals surface area contributed by atoms with E-state index in [0.29, 0.717) is 5.70 Å². The van der Waals surface area contributed by atoms with E-state index >= 15 is 0 Å². The first kappa shape index (κ1) is 17.1. The molecule has 0 aliphatic carbocycles. The second-order valence-corrected chi connectivity index (χ2v) is 7.96. The molecule has 28 heavy (non-hydrogen) atoms. The molecule has 1 fully saturated rings. The SMILES string of the molecule is O=C1C(=Cc2cn(-c3ccccc3)nc2-c2cccs2)N=C2CCCCCN12. The zero-order valence-electron chi connectivity index (χ0n) is 15.4. The second kappa shape index (κ2) is 7.20. The molecular formula is C22H20N4OS. The molecule has 0 unspecified atom stereocenters. The lowest BCUT2D eigenvalue weighted by atomic mass is 10.2. The van der Waals surface area contributed by atoms with E-state index in [4.69, 9.17) is 5.10 Å². The Hall–Kier alpha value is -2.99. The highest BCUT2D eigenvalue weighted by Crippen LogP contribution is 2.31. The summed E-state index contributed by atoms with van der Waals surface area (Å²) in [6.07, 6.45) is 8.06. The molecule has 2 aliphatic rings. The molecule has 1 amide bonds. The van der Waals surface area contributed by atoms with Crippen LogP contribution in [0.4, 0.5) is 0 Å². The van der Waals surface area contributed by atoms with Gasteiger partial charge in [-0.15, -0.1) is 11.3 Å². The van der Waals surface area contributed by atoms with Crippen LogP contribution in [0.25, 0.3) is 22.3 Å². The highest BCUT2D eigenvalue weighted by atomic mass is 32.1. The van der Waals surface area contributed by atoms with Gasteiger partial charge in [0, 0.05) is 24.7 Å². The largest absolute Gasteiger partial charge is 0.295 e. The third-order valence-electron chi connectivity index (χ3n) is 5.12. The monoisotopic (exact) mass is 388 g/mol. The third-order valence-corrected chi connectivity index (χ3v) is 5.99. The molecule has 2 aliphatic heterocycles. The molecule has 0 radical (unpaired) electrons. The Labute approximate surface area is 167 Å². The molecule has 0 spiro atoms. The minimum absolute atomic E-state index is 0.0153. The predicted molar refractivity (Wildman–Crippen MR) is 112 cm³/mol. The summed E-state index contributed by atoms with van der Waals surface area (Å²) in [5.41, 5.74) is 3.29. The molecule has 0 saturated carbocycles. The maximum Gasteiger partial charge on any atom is 0.277 e. The summed E-state index contributed by atoms with van der Waals surface area (Å²) in [6, 6.07) is 14.1. The van der Waals surface area contributed by atoms with Gasteiger partial charge in [-0.2, -0.15) is 5.10 Å². The minimum atomic E-state index is 0.0153.